The summed E-state index contributed by atoms with van der Waals surface area (Å²) in [5, 5.41) is 0. The van der Waals surface area contributed by atoms with Crippen LogP contribution in [0.15, 0.2) is 24.3 Å². The fraction of sp³-hybridized carbons (Fsp3) is 0.385. The van der Waals surface area contributed by atoms with Crippen LogP contribution in [-0.4, -0.2) is 20.3 Å². The van der Waals surface area contributed by atoms with Crippen LogP contribution in [0.4, 0.5) is 0 Å². The van der Waals surface area contributed by atoms with Gasteiger partial charge in [-0.15, -0.1) is 6.42 Å². The molecule has 1 unspecified atom stereocenters. The van der Waals surface area contributed by atoms with E-state index in [1.54, 1.807) is 7.11 Å². The zero-order valence-corrected chi connectivity index (χ0v) is 9.19. The molecule has 0 saturated heterocycles. The number of methoxy groups -OCH3 is 1. The summed E-state index contributed by atoms with van der Waals surface area (Å²) in [5.74, 6) is 3.66. The number of terminal acetylenes is 1. The van der Waals surface area contributed by atoms with Crippen molar-refractivity contribution >= 4 is 0 Å². The molecule has 0 bridgehead atoms. The van der Waals surface area contributed by atoms with Crippen molar-refractivity contribution in [1.29, 1.82) is 0 Å². The van der Waals surface area contributed by atoms with Crippen molar-refractivity contribution in [2.45, 2.75) is 12.8 Å². The topological polar surface area (TPSA) is 18.5 Å². The summed E-state index contributed by atoms with van der Waals surface area (Å²) in [7, 11) is 1.65. The summed E-state index contributed by atoms with van der Waals surface area (Å²) >= 11 is 0. The maximum absolute atomic E-state index is 5.49. The van der Waals surface area contributed by atoms with Crippen molar-refractivity contribution in [2.24, 2.45) is 0 Å². The molecule has 0 saturated carbocycles. The molecule has 1 rings (SSSR count). The molecule has 0 heterocycles. The van der Waals surface area contributed by atoms with Gasteiger partial charge in [0.1, 0.15) is 12.4 Å². The zero-order chi connectivity index (χ0) is 11.1. The van der Waals surface area contributed by atoms with E-state index in [9.17, 15) is 0 Å². The van der Waals surface area contributed by atoms with Gasteiger partial charge in [0.25, 0.3) is 0 Å². The highest BCUT2D eigenvalue weighted by Gasteiger charge is 2.02. The molecule has 1 atom stereocenters. The highest BCUT2D eigenvalue weighted by atomic mass is 16.5. The van der Waals surface area contributed by atoms with Gasteiger partial charge >= 0.3 is 0 Å². The predicted octanol–water partition coefficient (Wildman–Crippen LogP) is 2.45. The van der Waals surface area contributed by atoms with Gasteiger partial charge in [-0.25, -0.2) is 0 Å². The van der Waals surface area contributed by atoms with E-state index in [-0.39, 0.29) is 5.92 Å². The highest BCUT2D eigenvalue weighted by Crippen LogP contribution is 2.19. The first-order valence-corrected chi connectivity index (χ1v) is 4.95. The van der Waals surface area contributed by atoms with E-state index < -0.39 is 0 Å². The highest BCUT2D eigenvalue weighted by molar-refractivity contribution is 5.33. The van der Waals surface area contributed by atoms with Crippen LogP contribution in [0.1, 0.15) is 18.4 Å². The van der Waals surface area contributed by atoms with Gasteiger partial charge in [0.05, 0.1) is 6.61 Å². The van der Waals surface area contributed by atoms with Gasteiger partial charge in [-0.3, -0.25) is 0 Å². The molecule has 0 aromatic heterocycles. The molecule has 0 aliphatic carbocycles. The minimum Gasteiger partial charge on any atom is -0.491 e. The predicted molar refractivity (Wildman–Crippen MR) is 61.1 cm³/mol. The second-order valence-corrected chi connectivity index (χ2v) is 3.30. The second kappa shape index (κ2) is 6.10. The van der Waals surface area contributed by atoms with E-state index in [1.807, 2.05) is 31.2 Å². The van der Waals surface area contributed by atoms with Crippen LogP contribution in [0.5, 0.6) is 5.75 Å². The molecule has 1 aromatic carbocycles. The Bertz CT molecular complexity index is 339. The summed E-state index contributed by atoms with van der Waals surface area (Å²) in [6, 6.07) is 7.85. The Morgan fingerprint density at radius 1 is 1.40 bits per heavy atom. The third-order valence-electron chi connectivity index (χ3n) is 2.16. The van der Waals surface area contributed by atoms with Crippen LogP contribution >= 0.6 is 0 Å². The van der Waals surface area contributed by atoms with Crippen molar-refractivity contribution in [2.75, 3.05) is 20.3 Å². The van der Waals surface area contributed by atoms with Crippen LogP contribution in [0, 0.1) is 12.3 Å². The molecular formula is C13H16O2. The summed E-state index contributed by atoms with van der Waals surface area (Å²) < 4.78 is 10.4. The van der Waals surface area contributed by atoms with E-state index in [1.165, 1.54) is 0 Å². The summed E-state index contributed by atoms with van der Waals surface area (Å²) in [4.78, 5) is 0. The molecule has 0 N–H and O–H groups in total. The first-order chi connectivity index (χ1) is 7.27. The van der Waals surface area contributed by atoms with Crippen molar-refractivity contribution in [3.8, 4) is 18.1 Å². The fourth-order valence-corrected chi connectivity index (χ4v) is 1.21. The van der Waals surface area contributed by atoms with Gasteiger partial charge in [-0.1, -0.05) is 18.1 Å². The Labute approximate surface area is 91.2 Å². The van der Waals surface area contributed by atoms with Gasteiger partial charge in [0.2, 0.25) is 0 Å². The molecule has 2 nitrogen and oxygen atoms in total. The quantitative estimate of drug-likeness (QED) is 0.542. The van der Waals surface area contributed by atoms with Gasteiger partial charge in [-0.2, -0.15) is 0 Å². The lowest BCUT2D eigenvalue weighted by Gasteiger charge is -2.09. The van der Waals surface area contributed by atoms with Crippen LogP contribution in [-0.2, 0) is 4.74 Å². The Morgan fingerprint density at radius 2 is 2.20 bits per heavy atom. The molecule has 2 heteroatoms. The third kappa shape index (κ3) is 3.65. The summed E-state index contributed by atoms with van der Waals surface area (Å²) in [5.41, 5.74) is 1.10. The maximum atomic E-state index is 5.49. The van der Waals surface area contributed by atoms with Crippen molar-refractivity contribution < 1.29 is 9.47 Å². The third-order valence-corrected chi connectivity index (χ3v) is 2.16. The largest absolute Gasteiger partial charge is 0.491 e. The average Bonchev–Trinajstić information content (AvgIpc) is 2.29. The Hall–Kier alpha value is -1.46. The van der Waals surface area contributed by atoms with E-state index >= 15 is 0 Å². The molecule has 0 spiro atoms. The summed E-state index contributed by atoms with van der Waals surface area (Å²) in [6.07, 6.45) is 5.36. The molecule has 1 aromatic rings. The molecule has 0 aliphatic rings. The van der Waals surface area contributed by atoms with Crippen molar-refractivity contribution in [1.82, 2.24) is 0 Å². The normalized spacial score (nSPS) is 11.8. The maximum Gasteiger partial charge on any atom is 0.119 e. The molecular weight excluding hydrogens is 188 g/mol. The number of rotatable bonds is 5. The number of hydrogen-bond donors (Lipinski definition) is 0. The average molecular weight is 204 g/mol. The lowest BCUT2D eigenvalue weighted by molar-refractivity contribution is 0.146. The molecule has 0 aliphatic heterocycles. The van der Waals surface area contributed by atoms with E-state index in [0.29, 0.717) is 13.2 Å². The Balaban J connectivity index is 2.62. The van der Waals surface area contributed by atoms with Gasteiger partial charge < -0.3 is 9.47 Å². The minimum atomic E-state index is 0.121. The lowest BCUT2D eigenvalue weighted by Crippen LogP contribution is -2.04. The smallest absolute Gasteiger partial charge is 0.119 e. The first kappa shape index (κ1) is 11.6. The molecule has 15 heavy (non-hydrogen) atoms. The molecule has 80 valence electrons. The van der Waals surface area contributed by atoms with E-state index in [0.717, 1.165) is 11.3 Å². The second-order valence-electron chi connectivity index (χ2n) is 3.30. The van der Waals surface area contributed by atoms with Crippen LogP contribution in [0.25, 0.3) is 0 Å². The van der Waals surface area contributed by atoms with Gasteiger partial charge in [0, 0.05) is 13.0 Å². The Morgan fingerprint density at radius 3 is 2.87 bits per heavy atom. The molecule has 0 radical (unpaired) electrons. The fourth-order valence-electron chi connectivity index (χ4n) is 1.21. The van der Waals surface area contributed by atoms with Gasteiger partial charge in [-0.05, 0) is 24.6 Å². The monoisotopic (exact) mass is 204 g/mol. The lowest BCUT2D eigenvalue weighted by atomic mass is 10.0. The van der Waals surface area contributed by atoms with Crippen LogP contribution < -0.4 is 4.74 Å². The number of ether oxygens (including phenoxy) is 2. The van der Waals surface area contributed by atoms with E-state index in [2.05, 4.69) is 5.92 Å². The standard InChI is InChI=1S/C13H16O2/c1-4-11(2)12-6-5-7-13(10-12)15-9-8-14-3/h1,5-7,10-11H,8-9H2,2-3H3. The van der Waals surface area contributed by atoms with Crippen molar-refractivity contribution in [3.63, 3.8) is 0 Å². The van der Waals surface area contributed by atoms with Crippen LogP contribution in [0.2, 0.25) is 0 Å². The van der Waals surface area contributed by atoms with E-state index in [4.69, 9.17) is 15.9 Å². The van der Waals surface area contributed by atoms with Crippen LogP contribution in [0.3, 0.4) is 0 Å². The molecule has 0 amide bonds. The SMILES string of the molecule is C#CC(C)c1cccc(OCCOC)c1. The van der Waals surface area contributed by atoms with Crippen molar-refractivity contribution in [3.05, 3.63) is 29.8 Å². The Kier molecular flexibility index (Phi) is 4.73. The first-order valence-electron chi connectivity index (χ1n) is 4.95. The number of hydrogen-bond acceptors (Lipinski definition) is 2. The number of benzene rings is 1. The molecule has 0 fully saturated rings. The van der Waals surface area contributed by atoms with Gasteiger partial charge in [0.15, 0.2) is 0 Å². The minimum absolute atomic E-state index is 0.121. The zero-order valence-electron chi connectivity index (χ0n) is 9.19. The summed E-state index contributed by atoms with van der Waals surface area (Å²) in [6.45, 7) is 3.15.